The lowest BCUT2D eigenvalue weighted by molar-refractivity contribution is -0.146. The molecule has 2 aliphatic rings. The second-order valence-corrected chi connectivity index (χ2v) is 8.02. The van der Waals surface area contributed by atoms with Crippen molar-refractivity contribution in [2.45, 2.75) is 18.5 Å². The number of urea groups is 1. The first-order chi connectivity index (χ1) is 15.6. The molecule has 3 amide bonds. The van der Waals surface area contributed by atoms with Gasteiger partial charge in [-0.15, -0.1) is 0 Å². The van der Waals surface area contributed by atoms with Crippen LogP contribution in [0.3, 0.4) is 0 Å². The molecule has 0 aliphatic carbocycles. The number of carbonyl (C=O) groups is 3. The van der Waals surface area contributed by atoms with Gasteiger partial charge in [0.25, 0.3) is 0 Å². The highest BCUT2D eigenvalue weighted by Crippen LogP contribution is 2.42. The van der Waals surface area contributed by atoms with Crippen molar-refractivity contribution in [1.82, 2.24) is 15.1 Å². The van der Waals surface area contributed by atoms with Crippen molar-refractivity contribution >= 4 is 23.6 Å². The number of anilines is 1. The lowest BCUT2D eigenvalue weighted by atomic mass is 9.93. The number of para-hydroxylation sites is 1. The van der Waals surface area contributed by atoms with Gasteiger partial charge in [0.2, 0.25) is 5.91 Å². The molecule has 0 saturated carbocycles. The van der Waals surface area contributed by atoms with Crippen LogP contribution in [0.4, 0.5) is 10.5 Å². The molecule has 2 N–H and O–H groups in total. The van der Waals surface area contributed by atoms with Crippen LogP contribution in [0.1, 0.15) is 18.0 Å². The zero-order valence-corrected chi connectivity index (χ0v) is 18.1. The van der Waals surface area contributed by atoms with E-state index in [4.69, 9.17) is 4.74 Å². The second-order valence-electron chi connectivity index (χ2n) is 8.02. The Morgan fingerprint density at radius 1 is 0.969 bits per heavy atom. The van der Waals surface area contributed by atoms with Crippen molar-refractivity contribution in [2.24, 2.45) is 5.92 Å². The molecule has 3 unspecified atom stereocenters. The van der Waals surface area contributed by atoms with E-state index < -0.39 is 30.0 Å². The van der Waals surface area contributed by atoms with E-state index in [-0.39, 0.29) is 12.3 Å². The summed E-state index contributed by atoms with van der Waals surface area (Å²) in [4.78, 5) is 43.1. The molecule has 32 heavy (non-hydrogen) atoms. The Labute approximate surface area is 187 Å². The maximum Gasteiger partial charge on any atom is 0.323 e. The molecule has 168 valence electrons. The van der Waals surface area contributed by atoms with E-state index >= 15 is 0 Å². The molecule has 2 aromatic carbocycles. The van der Waals surface area contributed by atoms with Crippen LogP contribution >= 0.6 is 0 Å². The van der Waals surface area contributed by atoms with Gasteiger partial charge in [-0.2, -0.15) is 0 Å². The standard InChI is InChI=1S/C24H28N4O4/c1-32-23(30)19-16-20(22(29)27-14-12-25-13-15-27)28(21(19)17-8-4-2-5-9-17)24(31)26-18-10-6-3-7-11-18/h2-11,19-21,25H,12-16H2,1H3,(H,26,31). The number of piperazine rings is 1. The summed E-state index contributed by atoms with van der Waals surface area (Å²) < 4.78 is 5.07. The molecular formula is C24H28N4O4. The number of rotatable bonds is 4. The van der Waals surface area contributed by atoms with E-state index in [2.05, 4.69) is 10.6 Å². The van der Waals surface area contributed by atoms with Gasteiger partial charge in [0, 0.05) is 31.9 Å². The summed E-state index contributed by atoms with van der Waals surface area (Å²) in [7, 11) is 1.34. The molecule has 2 aliphatic heterocycles. The van der Waals surface area contributed by atoms with Gasteiger partial charge in [-0.3, -0.25) is 9.59 Å². The van der Waals surface area contributed by atoms with Crippen LogP contribution < -0.4 is 10.6 Å². The van der Waals surface area contributed by atoms with E-state index in [1.807, 2.05) is 48.5 Å². The van der Waals surface area contributed by atoms with Crippen LogP contribution in [0.15, 0.2) is 60.7 Å². The van der Waals surface area contributed by atoms with Gasteiger partial charge in [0.15, 0.2) is 0 Å². The van der Waals surface area contributed by atoms with Crippen LogP contribution in [-0.4, -0.2) is 67.0 Å². The molecular weight excluding hydrogens is 408 g/mol. The monoisotopic (exact) mass is 436 g/mol. The minimum absolute atomic E-state index is 0.137. The third-order valence-electron chi connectivity index (χ3n) is 6.11. The number of ether oxygens (including phenoxy) is 1. The number of carbonyl (C=O) groups excluding carboxylic acids is 3. The molecule has 8 heteroatoms. The minimum Gasteiger partial charge on any atom is -0.469 e. The van der Waals surface area contributed by atoms with Gasteiger partial charge in [-0.25, -0.2) is 4.79 Å². The highest BCUT2D eigenvalue weighted by Gasteiger charge is 2.51. The molecule has 8 nitrogen and oxygen atoms in total. The normalized spacial score (nSPS) is 23.0. The van der Waals surface area contributed by atoms with Crippen LogP contribution in [-0.2, 0) is 14.3 Å². The Hall–Kier alpha value is -3.39. The largest absolute Gasteiger partial charge is 0.469 e. The van der Waals surface area contributed by atoms with Gasteiger partial charge in [0.1, 0.15) is 6.04 Å². The number of methoxy groups -OCH3 is 1. The molecule has 0 bridgehead atoms. The van der Waals surface area contributed by atoms with E-state index in [0.29, 0.717) is 31.9 Å². The maximum absolute atomic E-state index is 13.5. The first-order valence-electron chi connectivity index (χ1n) is 10.9. The molecule has 2 saturated heterocycles. The summed E-state index contributed by atoms with van der Waals surface area (Å²) in [6.07, 6.45) is 0.219. The lowest BCUT2D eigenvalue weighted by Gasteiger charge is -2.35. The first-order valence-corrected chi connectivity index (χ1v) is 10.9. The average Bonchev–Trinajstić information content (AvgIpc) is 3.25. The number of hydrogen-bond donors (Lipinski definition) is 2. The molecule has 0 spiro atoms. The minimum atomic E-state index is -0.758. The van der Waals surface area contributed by atoms with Crippen molar-refractivity contribution in [2.75, 3.05) is 38.6 Å². The van der Waals surface area contributed by atoms with Gasteiger partial charge in [0.05, 0.1) is 19.1 Å². The van der Waals surface area contributed by atoms with E-state index in [1.165, 1.54) is 12.0 Å². The molecule has 3 atom stereocenters. The van der Waals surface area contributed by atoms with Crippen molar-refractivity contribution in [3.63, 3.8) is 0 Å². The molecule has 2 heterocycles. The third kappa shape index (κ3) is 4.45. The van der Waals surface area contributed by atoms with Crippen LogP contribution in [0.5, 0.6) is 0 Å². The van der Waals surface area contributed by atoms with Crippen LogP contribution in [0.2, 0.25) is 0 Å². The predicted octanol–water partition coefficient (Wildman–Crippen LogP) is 2.26. The fraction of sp³-hybridized carbons (Fsp3) is 0.375. The fourth-order valence-corrected chi connectivity index (χ4v) is 4.58. The summed E-state index contributed by atoms with van der Waals surface area (Å²) >= 11 is 0. The van der Waals surface area contributed by atoms with Crippen molar-refractivity contribution < 1.29 is 19.1 Å². The second kappa shape index (κ2) is 9.82. The molecule has 2 aromatic rings. The van der Waals surface area contributed by atoms with Crippen molar-refractivity contribution in [3.8, 4) is 0 Å². The number of hydrogen-bond acceptors (Lipinski definition) is 5. The Kier molecular flexibility index (Phi) is 6.70. The van der Waals surface area contributed by atoms with Gasteiger partial charge < -0.3 is 25.2 Å². The highest BCUT2D eigenvalue weighted by molar-refractivity contribution is 5.96. The van der Waals surface area contributed by atoms with Gasteiger partial charge >= 0.3 is 12.0 Å². The Morgan fingerprint density at radius 2 is 1.59 bits per heavy atom. The van der Waals surface area contributed by atoms with Crippen molar-refractivity contribution in [1.29, 1.82) is 0 Å². The van der Waals surface area contributed by atoms with Gasteiger partial charge in [-0.05, 0) is 24.1 Å². The van der Waals surface area contributed by atoms with Gasteiger partial charge in [-0.1, -0.05) is 48.5 Å². The highest BCUT2D eigenvalue weighted by atomic mass is 16.5. The number of nitrogens with zero attached hydrogens (tertiary/aromatic N) is 2. The zero-order valence-electron chi connectivity index (χ0n) is 18.1. The van der Waals surface area contributed by atoms with Crippen LogP contribution in [0.25, 0.3) is 0 Å². The lowest BCUT2D eigenvalue weighted by Crippen LogP contribution is -2.54. The smallest absolute Gasteiger partial charge is 0.323 e. The number of amides is 3. The number of likely N-dealkylation sites (tertiary alicyclic amines) is 1. The van der Waals surface area contributed by atoms with E-state index in [0.717, 1.165) is 5.56 Å². The predicted molar refractivity (Wildman–Crippen MR) is 120 cm³/mol. The van der Waals surface area contributed by atoms with E-state index in [9.17, 15) is 14.4 Å². The summed E-state index contributed by atoms with van der Waals surface area (Å²) in [5, 5.41) is 6.14. The average molecular weight is 437 g/mol. The van der Waals surface area contributed by atoms with Crippen molar-refractivity contribution in [3.05, 3.63) is 66.2 Å². The fourth-order valence-electron chi connectivity index (χ4n) is 4.58. The SMILES string of the molecule is COC(=O)C1CC(C(=O)N2CCNCC2)N(C(=O)Nc2ccccc2)C1c1ccccc1. The summed E-state index contributed by atoms with van der Waals surface area (Å²) in [6, 6.07) is 16.7. The Morgan fingerprint density at radius 3 is 2.22 bits per heavy atom. The third-order valence-corrected chi connectivity index (χ3v) is 6.11. The number of nitrogens with one attached hydrogen (secondary N) is 2. The number of esters is 1. The topological polar surface area (TPSA) is 91.0 Å². The number of benzene rings is 2. The molecule has 0 radical (unpaired) electrons. The van der Waals surface area contributed by atoms with Crippen LogP contribution in [0, 0.1) is 5.92 Å². The molecule has 0 aromatic heterocycles. The summed E-state index contributed by atoms with van der Waals surface area (Å²) in [5.41, 5.74) is 1.42. The van der Waals surface area contributed by atoms with E-state index in [1.54, 1.807) is 17.0 Å². The zero-order chi connectivity index (χ0) is 22.5. The summed E-state index contributed by atoms with van der Waals surface area (Å²) in [6.45, 7) is 2.55. The molecule has 4 rings (SSSR count). The Bertz CT molecular complexity index is 947. The summed E-state index contributed by atoms with van der Waals surface area (Å²) in [5.74, 6) is -1.20. The Balaban J connectivity index is 1.72. The quantitative estimate of drug-likeness (QED) is 0.718. The first kappa shape index (κ1) is 21.8. The molecule has 2 fully saturated rings. The maximum atomic E-state index is 13.5.